The first-order valence-electron chi connectivity index (χ1n) is 9.09. The first kappa shape index (κ1) is 24.7. The summed E-state index contributed by atoms with van der Waals surface area (Å²) in [6.45, 7) is 1.37. The largest absolute Gasteiger partial charge is 0.368 e. The molecule has 1 unspecified atom stereocenters. The SMILES string of the molecule is Cc1ccc(NS(=O)(=O)Cc2ccc(F)c(F)c2)c(=O)n1C(CCONC(=N)N)C(N)=O. The van der Waals surface area contributed by atoms with Crippen molar-refractivity contribution in [3.05, 3.63) is 63.6 Å². The second-order valence-corrected chi connectivity index (χ2v) is 8.47. The van der Waals surface area contributed by atoms with Gasteiger partial charge in [0.2, 0.25) is 21.9 Å². The van der Waals surface area contributed by atoms with E-state index in [0.29, 0.717) is 5.69 Å². The highest BCUT2D eigenvalue weighted by Crippen LogP contribution is 2.17. The number of aromatic nitrogens is 1. The Kier molecular flexibility index (Phi) is 7.88. The number of guanidine groups is 1. The third-order valence-corrected chi connectivity index (χ3v) is 5.49. The lowest BCUT2D eigenvalue weighted by Crippen LogP contribution is -2.38. The zero-order valence-corrected chi connectivity index (χ0v) is 17.7. The molecule has 0 saturated carbocycles. The molecule has 14 heteroatoms. The summed E-state index contributed by atoms with van der Waals surface area (Å²) in [4.78, 5) is 29.7. The number of sulfonamides is 1. The maximum Gasteiger partial charge on any atom is 0.275 e. The van der Waals surface area contributed by atoms with Crippen molar-refractivity contribution >= 4 is 27.6 Å². The number of amides is 1. The molecule has 0 aliphatic rings. The van der Waals surface area contributed by atoms with Crippen molar-refractivity contribution < 1.29 is 26.8 Å². The Morgan fingerprint density at radius 2 is 1.91 bits per heavy atom. The highest BCUT2D eigenvalue weighted by Gasteiger charge is 2.23. The number of hydrogen-bond acceptors (Lipinski definition) is 6. The number of anilines is 1. The molecular formula is C18H22F2N6O5S. The summed E-state index contributed by atoms with van der Waals surface area (Å²) < 4.78 is 54.4. The van der Waals surface area contributed by atoms with E-state index in [4.69, 9.17) is 21.7 Å². The van der Waals surface area contributed by atoms with E-state index >= 15 is 0 Å². The Morgan fingerprint density at radius 1 is 1.22 bits per heavy atom. The van der Waals surface area contributed by atoms with Gasteiger partial charge >= 0.3 is 0 Å². The summed E-state index contributed by atoms with van der Waals surface area (Å²) in [6, 6.07) is 4.06. The number of aryl methyl sites for hydroxylation is 1. The molecule has 1 aromatic carbocycles. The van der Waals surface area contributed by atoms with Crippen molar-refractivity contribution in [1.82, 2.24) is 10.0 Å². The van der Waals surface area contributed by atoms with Crippen LogP contribution in [0, 0.1) is 24.0 Å². The summed E-state index contributed by atoms with van der Waals surface area (Å²) in [5, 5.41) is 7.00. The van der Waals surface area contributed by atoms with Gasteiger partial charge in [-0.05, 0) is 36.8 Å². The Balaban J connectivity index is 2.29. The second kappa shape index (κ2) is 10.2. The monoisotopic (exact) mass is 472 g/mol. The van der Waals surface area contributed by atoms with E-state index in [1.165, 1.54) is 19.1 Å². The van der Waals surface area contributed by atoms with Crippen molar-refractivity contribution in [2.45, 2.75) is 25.1 Å². The fraction of sp³-hybridized carbons (Fsp3) is 0.278. The lowest BCUT2D eigenvalue weighted by molar-refractivity contribution is -0.122. The van der Waals surface area contributed by atoms with Crippen LogP contribution in [0.4, 0.5) is 14.5 Å². The summed E-state index contributed by atoms with van der Waals surface area (Å²) in [5.41, 5.74) is 11.6. The van der Waals surface area contributed by atoms with Crippen LogP contribution >= 0.6 is 0 Å². The predicted molar refractivity (Wildman–Crippen MR) is 112 cm³/mol. The molecule has 0 aliphatic heterocycles. The minimum absolute atomic E-state index is 0.0334. The van der Waals surface area contributed by atoms with E-state index in [1.807, 2.05) is 0 Å². The quantitative estimate of drug-likeness (QED) is 0.142. The van der Waals surface area contributed by atoms with Crippen molar-refractivity contribution in [2.24, 2.45) is 11.5 Å². The maximum atomic E-state index is 13.4. The number of pyridine rings is 1. The summed E-state index contributed by atoms with van der Waals surface area (Å²) in [6.07, 6.45) is -0.0819. The standard InChI is InChI=1S/C18H22F2N6O5S/c1-10-2-5-14(25-32(29,30)9-11-3-4-12(19)13(20)8-11)17(28)26(10)15(16(21)27)6-7-31-24-18(22)23/h2-5,8,15,25H,6-7,9H2,1H3,(H2,21,27)(H4,22,23,24). The van der Waals surface area contributed by atoms with Crippen LogP contribution in [0.1, 0.15) is 23.7 Å². The Morgan fingerprint density at radius 3 is 2.50 bits per heavy atom. The molecule has 0 radical (unpaired) electrons. The molecule has 1 heterocycles. The third-order valence-electron chi connectivity index (χ3n) is 4.24. The molecule has 0 bridgehead atoms. The number of carbonyl (C=O) groups is 1. The number of nitrogens with zero attached hydrogens (tertiary/aromatic N) is 1. The van der Waals surface area contributed by atoms with Crippen LogP contribution in [0.25, 0.3) is 0 Å². The van der Waals surface area contributed by atoms with Crippen LogP contribution in [0.3, 0.4) is 0 Å². The molecule has 32 heavy (non-hydrogen) atoms. The zero-order valence-electron chi connectivity index (χ0n) is 16.9. The van der Waals surface area contributed by atoms with Crippen LogP contribution < -0.4 is 27.2 Å². The van der Waals surface area contributed by atoms with E-state index in [-0.39, 0.29) is 24.3 Å². The topological polar surface area (TPSA) is 182 Å². The Bertz CT molecular complexity index is 1180. The Hall–Kier alpha value is -3.52. The molecule has 1 atom stereocenters. The Labute approximate surface area is 181 Å². The van der Waals surface area contributed by atoms with Gasteiger partial charge in [0.05, 0.1) is 12.4 Å². The number of rotatable bonds is 10. The van der Waals surface area contributed by atoms with Gasteiger partial charge in [0.25, 0.3) is 5.56 Å². The fourth-order valence-corrected chi connectivity index (χ4v) is 4.04. The van der Waals surface area contributed by atoms with E-state index < -0.39 is 50.9 Å². The molecule has 1 amide bonds. The van der Waals surface area contributed by atoms with Gasteiger partial charge in [-0.1, -0.05) is 6.07 Å². The molecule has 2 rings (SSSR count). The van der Waals surface area contributed by atoms with Crippen molar-refractivity contribution in [2.75, 3.05) is 11.3 Å². The van der Waals surface area contributed by atoms with Crippen LogP contribution in [0.5, 0.6) is 0 Å². The molecule has 174 valence electrons. The first-order valence-corrected chi connectivity index (χ1v) is 10.7. The van der Waals surface area contributed by atoms with Gasteiger partial charge in [0, 0.05) is 12.1 Å². The molecule has 0 aliphatic carbocycles. The highest BCUT2D eigenvalue weighted by molar-refractivity contribution is 7.91. The lowest BCUT2D eigenvalue weighted by Gasteiger charge is -2.20. The number of carbonyl (C=O) groups excluding carboxylic acids is 1. The minimum Gasteiger partial charge on any atom is -0.368 e. The number of hydrogen-bond donors (Lipinski definition) is 5. The average Bonchev–Trinajstić information content (AvgIpc) is 2.68. The summed E-state index contributed by atoms with van der Waals surface area (Å²) >= 11 is 0. The number of halogens is 2. The molecule has 7 N–H and O–H groups in total. The van der Waals surface area contributed by atoms with E-state index in [0.717, 1.165) is 22.8 Å². The number of nitrogens with one attached hydrogen (secondary N) is 3. The number of hydroxylamine groups is 1. The van der Waals surface area contributed by atoms with Crippen LogP contribution in [0.15, 0.2) is 35.1 Å². The van der Waals surface area contributed by atoms with Crippen LogP contribution in [-0.2, 0) is 25.4 Å². The van der Waals surface area contributed by atoms with Gasteiger partial charge in [-0.25, -0.2) is 22.7 Å². The number of nitrogens with two attached hydrogens (primary N) is 2. The molecule has 2 aromatic rings. The summed E-state index contributed by atoms with van der Waals surface area (Å²) in [5.74, 6) is -4.39. The van der Waals surface area contributed by atoms with Gasteiger partial charge in [-0.2, -0.15) is 0 Å². The molecular weight excluding hydrogens is 450 g/mol. The van der Waals surface area contributed by atoms with Gasteiger partial charge in [0.15, 0.2) is 11.6 Å². The van der Waals surface area contributed by atoms with E-state index in [9.17, 15) is 26.8 Å². The van der Waals surface area contributed by atoms with Gasteiger partial charge in [-0.15, -0.1) is 0 Å². The maximum absolute atomic E-state index is 13.4. The highest BCUT2D eigenvalue weighted by atomic mass is 32.2. The van der Waals surface area contributed by atoms with Crippen LogP contribution in [-0.4, -0.2) is 31.5 Å². The number of primary amides is 1. The molecule has 11 nitrogen and oxygen atoms in total. The third kappa shape index (κ3) is 6.49. The smallest absolute Gasteiger partial charge is 0.275 e. The van der Waals surface area contributed by atoms with Gasteiger partial charge in [-0.3, -0.25) is 29.1 Å². The fourth-order valence-electron chi connectivity index (χ4n) is 2.86. The molecule has 0 spiro atoms. The first-order chi connectivity index (χ1) is 14.9. The summed E-state index contributed by atoms with van der Waals surface area (Å²) in [7, 11) is -4.19. The van der Waals surface area contributed by atoms with Crippen LogP contribution in [0.2, 0.25) is 0 Å². The lowest BCUT2D eigenvalue weighted by atomic mass is 10.1. The number of benzene rings is 1. The second-order valence-electron chi connectivity index (χ2n) is 6.74. The molecule has 0 saturated heterocycles. The molecule has 1 aromatic heterocycles. The van der Waals surface area contributed by atoms with E-state index in [2.05, 4.69) is 10.2 Å². The zero-order chi connectivity index (χ0) is 24.1. The average molecular weight is 472 g/mol. The van der Waals surface area contributed by atoms with Crippen molar-refractivity contribution in [3.8, 4) is 0 Å². The predicted octanol–water partition coefficient (Wildman–Crippen LogP) is 0.208. The van der Waals surface area contributed by atoms with E-state index in [1.54, 1.807) is 0 Å². The van der Waals surface area contributed by atoms with Gasteiger partial charge < -0.3 is 11.5 Å². The van der Waals surface area contributed by atoms with Crippen molar-refractivity contribution in [1.29, 1.82) is 5.41 Å². The van der Waals surface area contributed by atoms with Crippen molar-refractivity contribution in [3.63, 3.8) is 0 Å². The molecule has 0 fully saturated rings. The normalized spacial score (nSPS) is 12.2. The minimum atomic E-state index is -4.19. The van der Waals surface area contributed by atoms with Gasteiger partial charge in [0.1, 0.15) is 11.7 Å².